The zero-order valence-corrected chi connectivity index (χ0v) is 13.7. The lowest BCUT2D eigenvalue weighted by molar-refractivity contribution is -0.141. The summed E-state index contributed by atoms with van der Waals surface area (Å²) in [5, 5.41) is 6.49. The lowest BCUT2D eigenvalue weighted by atomic mass is 10.2. The normalized spacial score (nSPS) is 10.7. The van der Waals surface area contributed by atoms with E-state index in [1.165, 1.54) is 23.3 Å². The average Bonchev–Trinajstić information content (AvgIpc) is 3.12. The van der Waals surface area contributed by atoms with Crippen LogP contribution >= 0.6 is 22.7 Å². The summed E-state index contributed by atoms with van der Waals surface area (Å²) < 4.78 is 4.63. The van der Waals surface area contributed by atoms with Crippen LogP contribution in [0.3, 0.4) is 0 Å². The Bertz CT molecular complexity index is 620. The van der Waals surface area contributed by atoms with Gasteiger partial charge in [0.1, 0.15) is 17.2 Å². The summed E-state index contributed by atoms with van der Waals surface area (Å²) in [6.45, 7) is 3.64. The second kappa shape index (κ2) is 6.82. The van der Waals surface area contributed by atoms with Crippen LogP contribution in [0, 0.1) is 0 Å². The van der Waals surface area contributed by atoms with Gasteiger partial charge in [0.25, 0.3) is 5.91 Å². The van der Waals surface area contributed by atoms with E-state index in [1.807, 2.05) is 30.7 Å². The molecular formula is C14H16N2O3S2. The van der Waals surface area contributed by atoms with Crippen molar-refractivity contribution in [2.45, 2.75) is 19.9 Å². The molecule has 0 N–H and O–H groups in total. The lowest BCUT2D eigenvalue weighted by Crippen LogP contribution is -2.41. The van der Waals surface area contributed by atoms with E-state index in [9.17, 15) is 9.59 Å². The number of esters is 1. The molecule has 0 saturated heterocycles. The highest BCUT2D eigenvalue weighted by atomic mass is 32.1. The van der Waals surface area contributed by atoms with Gasteiger partial charge < -0.3 is 9.64 Å². The van der Waals surface area contributed by atoms with Crippen molar-refractivity contribution < 1.29 is 14.3 Å². The number of thiophene rings is 1. The van der Waals surface area contributed by atoms with Crippen molar-refractivity contribution in [1.82, 2.24) is 9.88 Å². The molecule has 0 aliphatic heterocycles. The third kappa shape index (κ3) is 3.68. The summed E-state index contributed by atoms with van der Waals surface area (Å²) in [6.07, 6.45) is 0. The van der Waals surface area contributed by atoms with Crippen molar-refractivity contribution >= 4 is 34.6 Å². The smallest absolute Gasteiger partial charge is 0.325 e. The highest BCUT2D eigenvalue weighted by Crippen LogP contribution is 2.26. The van der Waals surface area contributed by atoms with Gasteiger partial charge in [0, 0.05) is 22.4 Å². The second-order valence-corrected chi connectivity index (χ2v) is 6.29. The first-order chi connectivity index (χ1) is 10.0. The van der Waals surface area contributed by atoms with Gasteiger partial charge in [0.05, 0.1) is 7.11 Å². The predicted octanol–water partition coefficient (Wildman–Crippen LogP) is 2.90. The Balaban J connectivity index is 2.19. The number of rotatable bonds is 5. The van der Waals surface area contributed by atoms with Crippen LogP contribution in [0.2, 0.25) is 0 Å². The molecule has 0 unspecified atom stereocenters. The number of aromatic nitrogens is 1. The Morgan fingerprint density at radius 1 is 1.38 bits per heavy atom. The molecule has 0 atom stereocenters. The van der Waals surface area contributed by atoms with Crippen LogP contribution in [0.4, 0.5) is 0 Å². The monoisotopic (exact) mass is 324 g/mol. The van der Waals surface area contributed by atoms with Crippen molar-refractivity contribution in [3.63, 3.8) is 0 Å². The van der Waals surface area contributed by atoms with Gasteiger partial charge >= 0.3 is 5.97 Å². The summed E-state index contributed by atoms with van der Waals surface area (Å²) >= 11 is 3.01. The number of carbonyl (C=O) groups is 2. The molecule has 0 spiro atoms. The first-order valence-electron chi connectivity index (χ1n) is 6.38. The summed E-state index contributed by atoms with van der Waals surface area (Å²) in [6, 6.07) is 1.86. The molecule has 5 nitrogen and oxygen atoms in total. The molecule has 2 aromatic rings. The van der Waals surface area contributed by atoms with Crippen LogP contribution in [0.5, 0.6) is 0 Å². The van der Waals surface area contributed by atoms with Crippen LogP contribution in [0.15, 0.2) is 22.2 Å². The maximum atomic E-state index is 12.5. The number of thiazole rings is 1. The Morgan fingerprint density at radius 2 is 2.14 bits per heavy atom. The number of hydrogen-bond acceptors (Lipinski definition) is 6. The standard InChI is InChI=1S/C14H16N2O3S2/c1-9(2)16(6-12(17)19-3)14(18)11-8-21-13(15-11)10-4-5-20-7-10/h4-5,7-9H,6H2,1-3H3. The fourth-order valence-corrected chi connectivity index (χ4v) is 3.24. The zero-order valence-electron chi connectivity index (χ0n) is 12.0. The van der Waals surface area contributed by atoms with E-state index in [2.05, 4.69) is 9.72 Å². The summed E-state index contributed by atoms with van der Waals surface area (Å²) in [4.78, 5) is 29.7. The van der Waals surface area contributed by atoms with Crippen LogP contribution in [-0.4, -0.2) is 41.5 Å². The third-order valence-electron chi connectivity index (χ3n) is 2.90. The molecule has 21 heavy (non-hydrogen) atoms. The van der Waals surface area contributed by atoms with Crippen LogP contribution in [0.1, 0.15) is 24.3 Å². The quantitative estimate of drug-likeness (QED) is 0.794. The van der Waals surface area contributed by atoms with Gasteiger partial charge in [0.15, 0.2) is 0 Å². The number of methoxy groups -OCH3 is 1. The first kappa shape index (κ1) is 15.7. The molecule has 7 heteroatoms. The minimum absolute atomic E-state index is 0.0711. The molecule has 2 rings (SSSR count). The molecule has 0 bridgehead atoms. The average molecular weight is 324 g/mol. The maximum Gasteiger partial charge on any atom is 0.325 e. The molecule has 2 heterocycles. The fourth-order valence-electron chi connectivity index (χ4n) is 1.73. The number of hydrogen-bond donors (Lipinski definition) is 0. The lowest BCUT2D eigenvalue weighted by Gasteiger charge is -2.24. The Labute approximate surface area is 131 Å². The Hall–Kier alpha value is -1.73. The number of ether oxygens (including phenoxy) is 1. The predicted molar refractivity (Wildman–Crippen MR) is 83.6 cm³/mol. The van der Waals surface area contributed by atoms with Crippen LogP contribution in [-0.2, 0) is 9.53 Å². The molecule has 0 fully saturated rings. The summed E-state index contributed by atoms with van der Waals surface area (Å²) in [5.41, 5.74) is 1.37. The minimum atomic E-state index is -0.440. The molecule has 0 aliphatic carbocycles. The second-order valence-electron chi connectivity index (χ2n) is 4.65. The summed E-state index contributed by atoms with van der Waals surface area (Å²) in [5.74, 6) is -0.696. The summed E-state index contributed by atoms with van der Waals surface area (Å²) in [7, 11) is 1.31. The highest BCUT2D eigenvalue weighted by Gasteiger charge is 2.24. The van der Waals surface area contributed by atoms with Crippen molar-refractivity contribution in [2.24, 2.45) is 0 Å². The largest absolute Gasteiger partial charge is 0.468 e. The molecule has 112 valence electrons. The fraction of sp³-hybridized carbons (Fsp3) is 0.357. The molecular weight excluding hydrogens is 308 g/mol. The van der Waals surface area contributed by atoms with Gasteiger partial charge in [-0.2, -0.15) is 11.3 Å². The Morgan fingerprint density at radius 3 is 2.71 bits per heavy atom. The molecule has 0 aliphatic rings. The van der Waals surface area contributed by atoms with Gasteiger partial charge in [-0.25, -0.2) is 4.98 Å². The van der Waals surface area contributed by atoms with Gasteiger partial charge in [-0.15, -0.1) is 11.3 Å². The van der Waals surface area contributed by atoms with Crippen LogP contribution < -0.4 is 0 Å². The van der Waals surface area contributed by atoms with Gasteiger partial charge in [-0.3, -0.25) is 9.59 Å². The van der Waals surface area contributed by atoms with E-state index < -0.39 is 5.97 Å². The molecule has 2 aromatic heterocycles. The van der Waals surface area contributed by atoms with Crippen molar-refractivity contribution in [3.05, 3.63) is 27.9 Å². The Kier molecular flexibility index (Phi) is 5.08. The minimum Gasteiger partial charge on any atom is -0.468 e. The van der Waals surface area contributed by atoms with Gasteiger partial charge in [-0.1, -0.05) is 0 Å². The molecule has 0 aromatic carbocycles. The highest BCUT2D eigenvalue weighted by molar-refractivity contribution is 7.14. The van der Waals surface area contributed by atoms with Crippen molar-refractivity contribution in [3.8, 4) is 10.6 Å². The molecule has 0 saturated carbocycles. The van der Waals surface area contributed by atoms with Gasteiger partial charge in [0.2, 0.25) is 0 Å². The molecule has 1 amide bonds. The maximum absolute atomic E-state index is 12.5. The number of amides is 1. The SMILES string of the molecule is COC(=O)CN(C(=O)c1csc(-c2ccsc2)n1)C(C)C. The van der Waals surface area contributed by atoms with E-state index >= 15 is 0 Å². The van der Waals surface area contributed by atoms with Crippen molar-refractivity contribution in [2.75, 3.05) is 13.7 Å². The van der Waals surface area contributed by atoms with E-state index in [1.54, 1.807) is 16.7 Å². The third-order valence-corrected chi connectivity index (χ3v) is 4.48. The van der Waals surface area contributed by atoms with Gasteiger partial charge in [-0.05, 0) is 25.3 Å². The van der Waals surface area contributed by atoms with E-state index in [0.29, 0.717) is 5.69 Å². The number of carbonyl (C=O) groups excluding carboxylic acids is 2. The van der Waals surface area contributed by atoms with Crippen LogP contribution in [0.25, 0.3) is 10.6 Å². The zero-order chi connectivity index (χ0) is 15.4. The van der Waals surface area contributed by atoms with E-state index in [-0.39, 0.29) is 18.5 Å². The van der Waals surface area contributed by atoms with E-state index in [0.717, 1.165) is 10.6 Å². The number of nitrogens with zero attached hydrogens (tertiary/aromatic N) is 2. The topological polar surface area (TPSA) is 59.5 Å². The molecule has 0 radical (unpaired) electrons. The van der Waals surface area contributed by atoms with E-state index in [4.69, 9.17) is 0 Å². The van der Waals surface area contributed by atoms with Crippen molar-refractivity contribution in [1.29, 1.82) is 0 Å². The first-order valence-corrected chi connectivity index (χ1v) is 8.21.